The maximum Gasteiger partial charge on any atom is 0.104 e. The average Bonchev–Trinajstić information content (AvgIpc) is 2.31. The van der Waals surface area contributed by atoms with Gasteiger partial charge in [-0.25, -0.2) is 0 Å². The van der Waals surface area contributed by atoms with Gasteiger partial charge in [0.15, 0.2) is 0 Å². The Morgan fingerprint density at radius 2 is 2.30 bits per heavy atom. The van der Waals surface area contributed by atoms with Gasteiger partial charge < -0.3 is 4.42 Å². The molecule has 0 radical (unpaired) electrons. The Morgan fingerprint density at radius 1 is 1.50 bits per heavy atom. The Labute approximate surface area is 62.1 Å². The molecule has 0 saturated carbocycles. The number of furan rings is 1. The van der Waals surface area contributed by atoms with Gasteiger partial charge in [0.1, 0.15) is 5.76 Å². The zero-order valence-electron chi connectivity index (χ0n) is 6.68. The molecule has 0 spiro atoms. The van der Waals surface area contributed by atoms with E-state index in [2.05, 4.69) is 19.9 Å². The van der Waals surface area contributed by atoms with Crippen molar-refractivity contribution in [2.45, 2.75) is 33.1 Å². The third-order valence-electron chi connectivity index (χ3n) is 1.56. The Hall–Kier alpha value is -0.720. The zero-order valence-corrected chi connectivity index (χ0v) is 6.68. The lowest BCUT2D eigenvalue weighted by molar-refractivity contribution is 0.499. The number of rotatable bonds is 3. The third kappa shape index (κ3) is 1.90. The van der Waals surface area contributed by atoms with Crippen molar-refractivity contribution in [1.29, 1.82) is 0 Å². The predicted octanol–water partition coefficient (Wildman–Crippen LogP) is 2.93. The van der Waals surface area contributed by atoms with Crippen molar-refractivity contribution in [3.05, 3.63) is 23.7 Å². The van der Waals surface area contributed by atoms with Gasteiger partial charge in [0, 0.05) is 6.42 Å². The van der Waals surface area contributed by atoms with Gasteiger partial charge >= 0.3 is 0 Å². The molecule has 1 aromatic rings. The van der Waals surface area contributed by atoms with Crippen molar-refractivity contribution in [3.63, 3.8) is 0 Å². The first kappa shape index (κ1) is 7.39. The summed E-state index contributed by atoms with van der Waals surface area (Å²) in [6.45, 7) is 4.24. The largest absolute Gasteiger partial charge is 0.469 e. The lowest BCUT2D eigenvalue weighted by Gasteiger charge is -1.90. The summed E-state index contributed by atoms with van der Waals surface area (Å²) in [5.74, 6) is 1.12. The van der Waals surface area contributed by atoms with Crippen molar-refractivity contribution in [2.24, 2.45) is 0 Å². The summed E-state index contributed by atoms with van der Waals surface area (Å²) in [4.78, 5) is 0. The van der Waals surface area contributed by atoms with E-state index < -0.39 is 0 Å². The summed E-state index contributed by atoms with van der Waals surface area (Å²) in [5.41, 5.74) is 1.23. The van der Waals surface area contributed by atoms with Crippen LogP contribution < -0.4 is 0 Å². The minimum atomic E-state index is 1.09. The molecule has 0 unspecified atom stereocenters. The van der Waals surface area contributed by atoms with Crippen LogP contribution in [0.2, 0.25) is 0 Å². The van der Waals surface area contributed by atoms with Gasteiger partial charge in [-0.2, -0.15) is 0 Å². The molecule has 0 saturated heterocycles. The van der Waals surface area contributed by atoms with Gasteiger partial charge in [-0.3, -0.25) is 0 Å². The summed E-state index contributed by atoms with van der Waals surface area (Å²) in [6, 6.07) is 2.11. The first-order valence-electron chi connectivity index (χ1n) is 3.87. The van der Waals surface area contributed by atoms with E-state index in [0.717, 1.165) is 12.2 Å². The molecule has 0 atom stereocenters. The Kier molecular flexibility index (Phi) is 2.55. The van der Waals surface area contributed by atoms with Gasteiger partial charge in [0.2, 0.25) is 0 Å². The molecule has 10 heavy (non-hydrogen) atoms. The molecule has 1 nitrogen and oxygen atoms in total. The summed E-state index contributed by atoms with van der Waals surface area (Å²) < 4.78 is 5.27. The van der Waals surface area contributed by atoms with Gasteiger partial charge in [0.05, 0.1) is 6.26 Å². The fourth-order valence-corrected chi connectivity index (χ4v) is 0.973. The van der Waals surface area contributed by atoms with Crippen LogP contribution in [0.1, 0.15) is 31.1 Å². The van der Waals surface area contributed by atoms with E-state index in [1.807, 2.05) is 6.26 Å². The molecule has 0 fully saturated rings. The summed E-state index contributed by atoms with van der Waals surface area (Å²) in [5, 5.41) is 0. The molecule has 0 aliphatic heterocycles. The van der Waals surface area contributed by atoms with E-state index in [1.165, 1.54) is 18.4 Å². The molecule has 1 heterocycles. The minimum absolute atomic E-state index is 1.09. The quantitative estimate of drug-likeness (QED) is 0.626. The summed E-state index contributed by atoms with van der Waals surface area (Å²) in [6.07, 6.45) is 5.36. The van der Waals surface area contributed by atoms with Gasteiger partial charge in [-0.05, 0) is 25.0 Å². The molecule has 1 heteroatoms. The van der Waals surface area contributed by atoms with E-state index in [1.54, 1.807) is 0 Å². The second-order valence-corrected chi connectivity index (χ2v) is 2.69. The van der Waals surface area contributed by atoms with Gasteiger partial charge in [-0.1, -0.05) is 13.3 Å². The van der Waals surface area contributed by atoms with Crippen LogP contribution in [0, 0.1) is 6.92 Å². The monoisotopic (exact) mass is 138 g/mol. The highest BCUT2D eigenvalue weighted by atomic mass is 16.3. The maximum atomic E-state index is 5.27. The molecular weight excluding hydrogens is 124 g/mol. The first-order valence-corrected chi connectivity index (χ1v) is 3.87. The Morgan fingerprint density at radius 3 is 2.80 bits per heavy atom. The SMILES string of the molecule is CCCCc1cc(C)co1. The Bertz CT molecular complexity index is 188. The van der Waals surface area contributed by atoms with Crippen molar-refractivity contribution in [1.82, 2.24) is 0 Å². The highest BCUT2D eigenvalue weighted by molar-refractivity contribution is 5.10. The second-order valence-electron chi connectivity index (χ2n) is 2.69. The minimum Gasteiger partial charge on any atom is -0.469 e. The van der Waals surface area contributed by atoms with Crippen LogP contribution in [-0.2, 0) is 6.42 Å². The lowest BCUT2D eigenvalue weighted by atomic mass is 10.2. The molecule has 0 bridgehead atoms. The van der Waals surface area contributed by atoms with Crippen LogP contribution in [0.5, 0.6) is 0 Å². The normalized spacial score (nSPS) is 10.2. The Balaban J connectivity index is 2.42. The van der Waals surface area contributed by atoms with Crippen LogP contribution in [0.3, 0.4) is 0 Å². The van der Waals surface area contributed by atoms with Crippen LogP contribution in [-0.4, -0.2) is 0 Å². The second kappa shape index (κ2) is 3.45. The van der Waals surface area contributed by atoms with E-state index >= 15 is 0 Å². The summed E-state index contributed by atoms with van der Waals surface area (Å²) >= 11 is 0. The molecule has 0 N–H and O–H groups in total. The number of hydrogen-bond acceptors (Lipinski definition) is 1. The van der Waals surface area contributed by atoms with Gasteiger partial charge in [0.25, 0.3) is 0 Å². The molecule has 0 amide bonds. The fraction of sp³-hybridized carbons (Fsp3) is 0.556. The van der Waals surface area contributed by atoms with Crippen molar-refractivity contribution in [2.75, 3.05) is 0 Å². The number of unbranched alkanes of at least 4 members (excludes halogenated alkanes) is 1. The van der Waals surface area contributed by atoms with Crippen LogP contribution in [0.25, 0.3) is 0 Å². The molecule has 0 aliphatic rings. The van der Waals surface area contributed by atoms with Crippen LogP contribution in [0.15, 0.2) is 16.7 Å². The van der Waals surface area contributed by atoms with E-state index in [-0.39, 0.29) is 0 Å². The molecule has 56 valence electrons. The first-order chi connectivity index (χ1) is 4.83. The van der Waals surface area contributed by atoms with Crippen molar-refractivity contribution >= 4 is 0 Å². The average molecular weight is 138 g/mol. The lowest BCUT2D eigenvalue weighted by Crippen LogP contribution is -1.78. The van der Waals surface area contributed by atoms with Crippen molar-refractivity contribution in [3.8, 4) is 0 Å². The number of hydrogen-bond donors (Lipinski definition) is 0. The van der Waals surface area contributed by atoms with E-state index in [9.17, 15) is 0 Å². The fourth-order valence-electron chi connectivity index (χ4n) is 0.973. The smallest absolute Gasteiger partial charge is 0.104 e. The molecule has 0 aromatic carbocycles. The standard InChI is InChI=1S/C9H14O/c1-3-4-5-9-6-8(2)7-10-9/h6-7H,3-5H2,1-2H3. The van der Waals surface area contributed by atoms with Crippen LogP contribution >= 0.6 is 0 Å². The zero-order chi connectivity index (χ0) is 7.40. The molecule has 1 aromatic heterocycles. The molecule has 0 aliphatic carbocycles. The third-order valence-corrected chi connectivity index (χ3v) is 1.56. The topological polar surface area (TPSA) is 13.1 Å². The van der Waals surface area contributed by atoms with Crippen molar-refractivity contribution < 1.29 is 4.42 Å². The highest BCUT2D eigenvalue weighted by Crippen LogP contribution is 2.08. The van der Waals surface area contributed by atoms with E-state index in [0.29, 0.717) is 0 Å². The molecular formula is C9H14O. The van der Waals surface area contributed by atoms with Crippen LogP contribution in [0.4, 0.5) is 0 Å². The van der Waals surface area contributed by atoms with E-state index in [4.69, 9.17) is 4.42 Å². The summed E-state index contributed by atoms with van der Waals surface area (Å²) in [7, 11) is 0. The van der Waals surface area contributed by atoms with Gasteiger partial charge in [-0.15, -0.1) is 0 Å². The number of aryl methyl sites for hydroxylation is 2. The highest BCUT2D eigenvalue weighted by Gasteiger charge is 1.95. The maximum absolute atomic E-state index is 5.27. The molecule has 1 rings (SSSR count). The predicted molar refractivity (Wildman–Crippen MR) is 42.1 cm³/mol.